The molecule has 28 heavy (non-hydrogen) atoms. The molecule has 0 saturated heterocycles. The molecule has 0 fully saturated rings. The van der Waals surface area contributed by atoms with Crippen molar-refractivity contribution in [1.82, 2.24) is 14.4 Å². The average molecular weight is 372 g/mol. The molecule has 2 aromatic carbocycles. The third-order valence-corrected chi connectivity index (χ3v) is 4.93. The number of anilines is 2. The molecule has 0 aliphatic carbocycles. The van der Waals surface area contributed by atoms with Gasteiger partial charge in [-0.1, -0.05) is 18.2 Å². The molecule has 3 heterocycles. The van der Waals surface area contributed by atoms with E-state index in [0.717, 1.165) is 34.3 Å². The highest BCUT2D eigenvalue weighted by Gasteiger charge is 2.19. The van der Waals surface area contributed by atoms with Crippen molar-refractivity contribution in [2.75, 3.05) is 18.5 Å². The van der Waals surface area contributed by atoms with E-state index in [-0.39, 0.29) is 0 Å². The number of aryl methyl sites for hydroxylation is 2. The number of hydrogen-bond acceptors (Lipinski definition) is 5. The number of nitrogens with zero attached hydrogens (tertiary/aromatic N) is 3. The zero-order valence-electron chi connectivity index (χ0n) is 15.8. The lowest BCUT2D eigenvalue weighted by atomic mass is 10.00. The van der Waals surface area contributed by atoms with Crippen LogP contribution in [0.3, 0.4) is 0 Å². The molecular formula is C22H20N4O2. The highest BCUT2D eigenvalue weighted by molar-refractivity contribution is 5.82. The number of imidazole rings is 1. The van der Waals surface area contributed by atoms with Crippen LogP contribution in [0.2, 0.25) is 0 Å². The van der Waals surface area contributed by atoms with E-state index >= 15 is 0 Å². The maximum atomic E-state index is 5.72. The first-order valence-electron chi connectivity index (χ1n) is 9.27. The monoisotopic (exact) mass is 372 g/mol. The number of benzene rings is 2. The molecule has 1 aliphatic rings. The van der Waals surface area contributed by atoms with E-state index in [1.54, 1.807) is 6.20 Å². The number of rotatable bonds is 3. The number of hydrogen-bond donors (Lipinski definition) is 1. The van der Waals surface area contributed by atoms with Crippen LogP contribution in [-0.4, -0.2) is 27.6 Å². The predicted octanol–water partition coefficient (Wildman–Crippen LogP) is 4.53. The third-order valence-electron chi connectivity index (χ3n) is 4.93. The van der Waals surface area contributed by atoms with E-state index < -0.39 is 0 Å². The van der Waals surface area contributed by atoms with Gasteiger partial charge in [-0.15, -0.1) is 0 Å². The van der Waals surface area contributed by atoms with Crippen LogP contribution in [0, 0.1) is 13.8 Å². The first-order valence-corrected chi connectivity index (χ1v) is 9.27. The molecule has 1 N–H and O–H groups in total. The molecule has 0 amide bonds. The summed E-state index contributed by atoms with van der Waals surface area (Å²) in [5.74, 6) is 3.04. The first kappa shape index (κ1) is 16.6. The van der Waals surface area contributed by atoms with Crippen molar-refractivity contribution in [2.24, 2.45) is 0 Å². The molecular weight excluding hydrogens is 352 g/mol. The van der Waals surface area contributed by atoms with E-state index in [1.165, 1.54) is 11.1 Å². The SMILES string of the molecule is Cc1cccc(C)c1-c1nc2ncccn2c1Nc1ccc2c(c1)OCCO2. The van der Waals surface area contributed by atoms with Gasteiger partial charge in [-0.05, 0) is 43.2 Å². The molecule has 0 unspecified atom stereocenters. The lowest BCUT2D eigenvalue weighted by Gasteiger charge is -2.19. The normalized spacial score (nSPS) is 12.9. The first-order chi connectivity index (χ1) is 13.7. The van der Waals surface area contributed by atoms with Crippen LogP contribution in [0.25, 0.3) is 17.0 Å². The number of fused-ring (bicyclic) bond motifs is 2. The van der Waals surface area contributed by atoms with Gasteiger partial charge in [-0.25, -0.2) is 9.97 Å². The summed E-state index contributed by atoms with van der Waals surface area (Å²) in [6, 6.07) is 14.0. The zero-order chi connectivity index (χ0) is 19.1. The van der Waals surface area contributed by atoms with Gasteiger partial charge in [-0.3, -0.25) is 4.40 Å². The number of nitrogens with one attached hydrogen (secondary N) is 1. The summed E-state index contributed by atoms with van der Waals surface area (Å²) in [6.07, 6.45) is 3.72. The Bertz CT molecular complexity index is 1160. The summed E-state index contributed by atoms with van der Waals surface area (Å²) in [6.45, 7) is 5.35. The average Bonchev–Trinajstić information content (AvgIpc) is 3.06. The van der Waals surface area contributed by atoms with Crippen LogP contribution in [0.15, 0.2) is 54.9 Å². The van der Waals surface area contributed by atoms with Gasteiger partial charge in [0.05, 0.1) is 0 Å². The summed E-state index contributed by atoms with van der Waals surface area (Å²) < 4.78 is 13.3. The van der Waals surface area contributed by atoms with Gasteiger partial charge >= 0.3 is 0 Å². The van der Waals surface area contributed by atoms with Crippen LogP contribution in [-0.2, 0) is 0 Å². The molecule has 0 bridgehead atoms. The van der Waals surface area contributed by atoms with E-state index in [4.69, 9.17) is 14.5 Å². The van der Waals surface area contributed by atoms with Crippen molar-refractivity contribution < 1.29 is 9.47 Å². The molecule has 6 nitrogen and oxygen atoms in total. The van der Waals surface area contributed by atoms with E-state index in [9.17, 15) is 0 Å². The Morgan fingerprint density at radius 3 is 2.57 bits per heavy atom. The molecule has 0 atom stereocenters. The summed E-state index contributed by atoms with van der Waals surface area (Å²) in [4.78, 5) is 9.25. The third kappa shape index (κ3) is 2.74. The fourth-order valence-corrected chi connectivity index (χ4v) is 3.63. The second kappa shape index (κ2) is 6.56. The van der Waals surface area contributed by atoms with Crippen molar-refractivity contribution in [2.45, 2.75) is 13.8 Å². The van der Waals surface area contributed by atoms with Gasteiger partial charge < -0.3 is 14.8 Å². The minimum Gasteiger partial charge on any atom is -0.486 e. The van der Waals surface area contributed by atoms with Crippen molar-refractivity contribution in [1.29, 1.82) is 0 Å². The maximum Gasteiger partial charge on any atom is 0.235 e. The van der Waals surface area contributed by atoms with Crippen LogP contribution in [0.4, 0.5) is 11.5 Å². The predicted molar refractivity (Wildman–Crippen MR) is 109 cm³/mol. The Hall–Kier alpha value is -3.54. The summed E-state index contributed by atoms with van der Waals surface area (Å²) in [5, 5.41) is 3.52. The standard InChI is InChI=1S/C22H20N4O2/c1-14-5-3-6-15(2)19(14)20-21(26-10-4-9-23-22(26)25-20)24-16-7-8-17-18(13-16)28-12-11-27-17/h3-10,13,24H,11-12H2,1-2H3. The highest BCUT2D eigenvalue weighted by atomic mass is 16.6. The Balaban J connectivity index is 1.66. The summed E-state index contributed by atoms with van der Waals surface area (Å²) in [5.41, 5.74) is 5.25. The Kier molecular flexibility index (Phi) is 3.90. The smallest absolute Gasteiger partial charge is 0.235 e. The second-order valence-electron chi connectivity index (χ2n) is 6.85. The van der Waals surface area contributed by atoms with Gasteiger partial charge in [0.25, 0.3) is 0 Å². The van der Waals surface area contributed by atoms with Crippen molar-refractivity contribution in [3.8, 4) is 22.8 Å². The Morgan fingerprint density at radius 1 is 0.964 bits per heavy atom. The van der Waals surface area contributed by atoms with Gasteiger partial charge in [0.2, 0.25) is 5.78 Å². The van der Waals surface area contributed by atoms with Crippen LogP contribution in [0.1, 0.15) is 11.1 Å². The molecule has 0 saturated carbocycles. The van der Waals surface area contributed by atoms with Crippen molar-refractivity contribution in [3.05, 3.63) is 66.0 Å². The van der Waals surface area contributed by atoms with Gasteiger partial charge in [0.15, 0.2) is 11.5 Å². The molecule has 0 radical (unpaired) electrons. The largest absolute Gasteiger partial charge is 0.486 e. The van der Waals surface area contributed by atoms with E-state index in [0.29, 0.717) is 19.0 Å². The van der Waals surface area contributed by atoms with Gasteiger partial charge in [-0.2, -0.15) is 0 Å². The quantitative estimate of drug-likeness (QED) is 0.573. The topological polar surface area (TPSA) is 60.7 Å². The lowest BCUT2D eigenvalue weighted by Crippen LogP contribution is -2.15. The molecule has 6 heteroatoms. The molecule has 4 aromatic rings. The molecule has 5 rings (SSSR count). The van der Waals surface area contributed by atoms with Crippen LogP contribution < -0.4 is 14.8 Å². The number of aromatic nitrogens is 3. The minimum atomic E-state index is 0.559. The maximum absolute atomic E-state index is 5.72. The van der Waals surface area contributed by atoms with E-state index in [2.05, 4.69) is 42.3 Å². The van der Waals surface area contributed by atoms with Crippen LogP contribution >= 0.6 is 0 Å². The molecule has 140 valence electrons. The molecule has 2 aromatic heterocycles. The molecule has 1 aliphatic heterocycles. The molecule has 0 spiro atoms. The lowest BCUT2D eigenvalue weighted by molar-refractivity contribution is 0.171. The fraction of sp³-hybridized carbons (Fsp3) is 0.182. The Labute approximate surface area is 162 Å². The van der Waals surface area contributed by atoms with E-state index in [1.807, 2.05) is 34.9 Å². The summed E-state index contributed by atoms with van der Waals surface area (Å²) in [7, 11) is 0. The Morgan fingerprint density at radius 2 is 1.75 bits per heavy atom. The second-order valence-corrected chi connectivity index (χ2v) is 6.85. The zero-order valence-corrected chi connectivity index (χ0v) is 15.8. The number of ether oxygens (including phenoxy) is 2. The van der Waals surface area contributed by atoms with Gasteiger partial charge in [0, 0.05) is 29.7 Å². The summed E-state index contributed by atoms with van der Waals surface area (Å²) >= 11 is 0. The van der Waals surface area contributed by atoms with Gasteiger partial charge in [0.1, 0.15) is 24.7 Å². The fourth-order valence-electron chi connectivity index (χ4n) is 3.63. The van der Waals surface area contributed by atoms with Crippen molar-refractivity contribution in [3.63, 3.8) is 0 Å². The highest BCUT2D eigenvalue weighted by Crippen LogP contribution is 2.37. The minimum absolute atomic E-state index is 0.559. The van der Waals surface area contributed by atoms with Crippen LogP contribution in [0.5, 0.6) is 11.5 Å². The van der Waals surface area contributed by atoms with Crippen molar-refractivity contribution >= 4 is 17.3 Å².